The van der Waals surface area contributed by atoms with Gasteiger partial charge in [-0.2, -0.15) is 0 Å². The van der Waals surface area contributed by atoms with Gasteiger partial charge in [0.25, 0.3) is 0 Å². The molecule has 1 aromatic rings. The van der Waals surface area contributed by atoms with Crippen molar-refractivity contribution in [2.45, 2.75) is 45.3 Å². The van der Waals surface area contributed by atoms with Crippen molar-refractivity contribution < 1.29 is 4.79 Å². The molecule has 2 fully saturated rings. The molecule has 1 heterocycles. The van der Waals surface area contributed by atoms with Crippen LogP contribution >= 0.6 is 0 Å². The van der Waals surface area contributed by atoms with E-state index >= 15 is 0 Å². The quantitative estimate of drug-likeness (QED) is 0.865. The molecule has 1 atom stereocenters. The molecule has 3 nitrogen and oxygen atoms in total. The van der Waals surface area contributed by atoms with Gasteiger partial charge in [-0.3, -0.25) is 10.1 Å². The molecular weight excluding hydrogens is 224 g/mol. The summed E-state index contributed by atoms with van der Waals surface area (Å²) >= 11 is 0. The van der Waals surface area contributed by atoms with Gasteiger partial charge in [0.1, 0.15) is 6.17 Å². The normalized spacial score (nSPS) is 24.4. The highest BCUT2D eigenvalue weighted by Crippen LogP contribution is 2.34. The minimum absolute atomic E-state index is 0.0858. The lowest BCUT2D eigenvalue weighted by atomic mass is 9.90. The minimum atomic E-state index is 0.0858. The largest absolute Gasteiger partial charge is 0.319 e. The third-order valence-corrected chi connectivity index (χ3v) is 4.21. The van der Waals surface area contributed by atoms with E-state index in [0.717, 1.165) is 12.8 Å². The van der Waals surface area contributed by atoms with Crippen molar-refractivity contribution in [2.75, 3.05) is 6.54 Å². The van der Waals surface area contributed by atoms with Crippen LogP contribution in [0.15, 0.2) is 18.2 Å². The Morgan fingerprint density at radius 2 is 2.06 bits per heavy atom. The van der Waals surface area contributed by atoms with Crippen LogP contribution in [0, 0.1) is 13.8 Å². The molecule has 0 radical (unpaired) electrons. The van der Waals surface area contributed by atoms with E-state index in [1.807, 2.05) is 0 Å². The summed E-state index contributed by atoms with van der Waals surface area (Å²) in [6.45, 7) is 4.71. The summed E-state index contributed by atoms with van der Waals surface area (Å²) in [5, 5.41) is 3.37. The topological polar surface area (TPSA) is 32.3 Å². The molecular formula is C15H20N2O. The fourth-order valence-corrected chi connectivity index (χ4v) is 2.91. The molecule has 0 bridgehead atoms. The van der Waals surface area contributed by atoms with Crippen LogP contribution in [0.1, 0.15) is 42.1 Å². The van der Waals surface area contributed by atoms with Crippen LogP contribution in [0.5, 0.6) is 0 Å². The Morgan fingerprint density at radius 3 is 2.72 bits per heavy atom. The molecule has 1 saturated heterocycles. The predicted octanol–water partition coefficient (Wildman–Crippen LogP) is 2.29. The van der Waals surface area contributed by atoms with E-state index in [4.69, 9.17) is 0 Å². The molecule has 2 aliphatic rings. The Kier molecular flexibility index (Phi) is 2.86. The predicted molar refractivity (Wildman–Crippen MR) is 71.1 cm³/mol. The number of aryl methyl sites for hydroxylation is 2. The van der Waals surface area contributed by atoms with E-state index in [2.05, 4.69) is 42.3 Å². The highest BCUT2D eigenvalue weighted by molar-refractivity contribution is 5.81. The van der Waals surface area contributed by atoms with Crippen molar-refractivity contribution in [2.24, 2.45) is 0 Å². The second kappa shape index (κ2) is 4.39. The summed E-state index contributed by atoms with van der Waals surface area (Å²) in [5.41, 5.74) is 3.77. The van der Waals surface area contributed by atoms with Gasteiger partial charge in [0.2, 0.25) is 5.91 Å². The zero-order valence-electron chi connectivity index (χ0n) is 11.1. The number of carbonyl (C=O) groups excluding carboxylic acids is 1. The van der Waals surface area contributed by atoms with Crippen LogP contribution in [0.2, 0.25) is 0 Å². The Morgan fingerprint density at radius 1 is 1.28 bits per heavy atom. The van der Waals surface area contributed by atoms with Gasteiger partial charge in [-0.05, 0) is 44.2 Å². The molecule has 1 saturated carbocycles. The number of hydrogen-bond donors (Lipinski definition) is 1. The van der Waals surface area contributed by atoms with E-state index in [9.17, 15) is 4.79 Å². The van der Waals surface area contributed by atoms with Gasteiger partial charge >= 0.3 is 0 Å². The minimum Gasteiger partial charge on any atom is -0.319 e. The van der Waals surface area contributed by atoms with Crippen LogP contribution in [-0.2, 0) is 4.79 Å². The SMILES string of the molecule is Cc1ccc(C)c(C2NCC(=O)N2C2CCC2)c1. The van der Waals surface area contributed by atoms with Crippen LogP contribution in [0.3, 0.4) is 0 Å². The number of benzene rings is 1. The monoisotopic (exact) mass is 244 g/mol. The average molecular weight is 244 g/mol. The van der Waals surface area contributed by atoms with Crippen molar-refractivity contribution >= 4 is 5.91 Å². The summed E-state index contributed by atoms with van der Waals surface area (Å²) in [5.74, 6) is 0.255. The zero-order valence-corrected chi connectivity index (χ0v) is 11.1. The molecule has 1 N–H and O–H groups in total. The van der Waals surface area contributed by atoms with E-state index < -0.39 is 0 Å². The van der Waals surface area contributed by atoms with Crippen LogP contribution in [0.25, 0.3) is 0 Å². The number of nitrogens with one attached hydrogen (secondary N) is 1. The van der Waals surface area contributed by atoms with Crippen LogP contribution in [-0.4, -0.2) is 23.4 Å². The standard InChI is InChI=1S/C15H20N2O/c1-10-6-7-11(2)13(8-10)15-16-9-14(18)17(15)12-4-3-5-12/h6-8,12,15-16H,3-5,9H2,1-2H3. The second-order valence-electron chi connectivity index (χ2n) is 5.53. The third kappa shape index (κ3) is 1.83. The molecule has 18 heavy (non-hydrogen) atoms. The lowest BCUT2D eigenvalue weighted by Gasteiger charge is -2.38. The first-order valence-corrected chi connectivity index (χ1v) is 6.78. The number of nitrogens with zero attached hydrogens (tertiary/aromatic N) is 1. The highest BCUT2D eigenvalue weighted by Gasteiger charge is 2.39. The molecule has 1 amide bonds. The van der Waals surface area contributed by atoms with Crippen molar-refractivity contribution in [3.8, 4) is 0 Å². The van der Waals surface area contributed by atoms with Crippen molar-refractivity contribution in [3.63, 3.8) is 0 Å². The van der Waals surface area contributed by atoms with Gasteiger partial charge in [0, 0.05) is 6.04 Å². The van der Waals surface area contributed by atoms with E-state index in [1.165, 1.54) is 23.1 Å². The maximum absolute atomic E-state index is 12.1. The number of carbonyl (C=O) groups is 1. The number of rotatable bonds is 2. The fourth-order valence-electron chi connectivity index (χ4n) is 2.91. The first-order chi connectivity index (χ1) is 8.66. The van der Waals surface area contributed by atoms with Gasteiger partial charge in [0.05, 0.1) is 6.54 Å². The van der Waals surface area contributed by atoms with Crippen molar-refractivity contribution in [1.82, 2.24) is 10.2 Å². The van der Waals surface area contributed by atoms with Crippen molar-refractivity contribution in [1.29, 1.82) is 0 Å². The lowest BCUT2D eigenvalue weighted by molar-refractivity contribution is -0.132. The summed E-state index contributed by atoms with van der Waals surface area (Å²) in [7, 11) is 0. The maximum Gasteiger partial charge on any atom is 0.238 e. The van der Waals surface area contributed by atoms with Crippen LogP contribution < -0.4 is 5.32 Å². The first-order valence-electron chi connectivity index (χ1n) is 6.78. The first kappa shape index (κ1) is 11.7. The summed E-state index contributed by atoms with van der Waals surface area (Å²) in [6, 6.07) is 6.94. The van der Waals surface area contributed by atoms with E-state index in [1.54, 1.807) is 0 Å². The molecule has 1 aromatic carbocycles. The van der Waals surface area contributed by atoms with Gasteiger partial charge in [-0.1, -0.05) is 23.8 Å². The van der Waals surface area contributed by atoms with E-state index in [-0.39, 0.29) is 12.1 Å². The fraction of sp³-hybridized carbons (Fsp3) is 0.533. The summed E-state index contributed by atoms with van der Waals surface area (Å²) < 4.78 is 0. The molecule has 1 aliphatic carbocycles. The molecule has 3 heteroatoms. The average Bonchev–Trinajstić information content (AvgIpc) is 2.63. The lowest BCUT2D eigenvalue weighted by Crippen LogP contribution is -2.43. The Balaban J connectivity index is 1.94. The zero-order chi connectivity index (χ0) is 12.7. The number of amides is 1. The molecule has 3 rings (SSSR count). The molecule has 1 aliphatic heterocycles. The van der Waals surface area contributed by atoms with Gasteiger partial charge in [-0.15, -0.1) is 0 Å². The van der Waals surface area contributed by atoms with Gasteiger partial charge in [0.15, 0.2) is 0 Å². The molecule has 0 aromatic heterocycles. The molecule has 0 spiro atoms. The maximum atomic E-state index is 12.1. The highest BCUT2D eigenvalue weighted by atomic mass is 16.2. The molecule has 1 unspecified atom stereocenters. The van der Waals surface area contributed by atoms with Gasteiger partial charge in [-0.25, -0.2) is 0 Å². The van der Waals surface area contributed by atoms with Gasteiger partial charge < -0.3 is 4.90 Å². The van der Waals surface area contributed by atoms with Crippen LogP contribution in [0.4, 0.5) is 0 Å². The number of hydrogen-bond acceptors (Lipinski definition) is 2. The van der Waals surface area contributed by atoms with Crippen molar-refractivity contribution in [3.05, 3.63) is 34.9 Å². The third-order valence-electron chi connectivity index (χ3n) is 4.21. The molecule has 96 valence electrons. The van der Waals surface area contributed by atoms with E-state index in [0.29, 0.717) is 12.6 Å². The Hall–Kier alpha value is -1.35. The smallest absolute Gasteiger partial charge is 0.238 e. The Labute approximate surface area is 108 Å². The Bertz CT molecular complexity index is 479. The summed E-state index contributed by atoms with van der Waals surface area (Å²) in [4.78, 5) is 14.1. The summed E-state index contributed by atoms with van der Waals surface area (Å²) in [6.07, 6.45) is 3.67. The second-order valence-corrected chi connectivity index (χ2v) is 5.53.